The Morgan fingerprint density at radius 2 is 1.03 bits per heavy atom. The van der Waals surface area contributed by atoms with Crippen molar-refractivity contribution in [3.05, 3.63) is 355 Å². The van der Waals surface area contributed by atoms with Gasteiger partial charge in [0.05, 0.1) is 27.3 Å². The molecule has 12 N–H and O–H groups in total. The van der Waals surface area contributed by atoms with Crippen LogP contribution in [0.1, 0.15) is 132 Å². The van der Waals surface area contributed by atoms with Gasteiger partial charge in [0.1, 0.15) is 52.1 Å². The van der Waals surface area contributed by atoms with Crippen molar-refractivity contribution in [1.82, 2.24) is 0 Å². The Hall–Kier alpha value is -11.5. The van der Waals surface area contributed by atoms with Gasteiger partial charge in [0, 0.05) is 128 Å². The number of carbonyl (C=O) groups is 3. The van der Waals surface area contributed by atoms with Crippen molar-refractivity contribution in [2.45, 2.75) is 85.2 Å². The normalized spacial score (nSPS) is 18.3. The van der Waals surface area contributed by atoms with Crippen LogP contribution in [0.3, 0.4) is 0 Å². The fourth-order valence-electron chi connectivity index (χ4n) is 14.9. The van der Waals surface area contributed by atoms with Crippen LogP contribution >= 0.6 is 0 Å². The van der Waals surface area contributed by atoms with Crippen molar-refractivity contribution < 1.29 is 84.2 Å². The number of ether oxygens (including phenoxy) is 6. The zero-order chi connectivity index (χ0) is 79.6. The van der Waals surface area contributed by atoms with Gasteiger partial charge in [-0.05, 0) is 174 Å². The van der Waals surface area contributed by atoms with Gasteiger partial charge in [-0.25, -0.2) is 4.79 Å². The number of carboxylic acid groups (broad SMARTS) is 2. The average molecular weight is 1540 g/mol. The molecule has 9 aromatic carbocycles. The number of nitrogens with two attached hydrogens (primary N) is 4. The van der Waals surface area contributed by atoms with Gasteiger partial charge >= 0.3 is 30.8 Å². The molecule has 1 amide bonds. The molecule has 17 nitrogen and oxygen atoms in total. The van der Waals surface area contributed by atoms with E-state index in [4.69, 9.17) is 57.8 Å². The molecule has 6 aliphatic heterocycles. The predicted octanol–water partition coefficient (Wildman–Crippen LogP) is 14.5. The van der Waals surface area contributed by atoms with Crippen LogP contribution in [0.25, 0.3) is 16.7 Å². The third-order valence-electron chi connectivity index (χ3n) is 20.4. The van der Waals surface area contributed by atoms with Crippen LogP contribution < -0.4 is 66.1 Å². The standard InChI is InChI=1S/C26H24N2O5.C21H17NO3.C21H19NO2.C21H19NO.C4H8O.CH3F.Al.Li.4H/c1-15-6-8-19-22(12-15)33-23-13-17(28-24(29)11-10-21(27)25(30)31)7-9-20(23)26(19)18-5-3-2-4-16(18)14-32-26;1-12-6-8-16-18(10-12)25-19-11-13(22)7-9-17(19)20(16)14-4-2-3-5-15(14)21(23)24;1-13-6-8-17-19(10-13)24-20-11-15(22)7-9-18(20)21(17)16-5-3-2-4-14(16)12-23;1-13-7-9-17-19(11-13)23-20-12-15(22)8-10-18(20)21(17)16-6-4-3-5-14(16)2;1-2-4-5-3-1;1-2;;;;;;/h2-9,12-13,21H,10-11,14,27H2,1H3,(H,28,29)(H,30,31);2-12H,22H2,1H3,(H,23,24);2-11,13,23H,12,22H2,1H3;3-13H,22H2,1-2H3;1-4H2;1H3;;;;;;/q;;;;;;;+1;;;;-1/i;;;;;1D;;;;;;. The molecule has 6 heterocycles. The van der Waals surface area contributed by atoms with Crippen LogP contribution in [0.2, 0.25) is 0 Å². The Bertz CT molecular complexity index is 5510. The average Bonchev–Trinajstić information content (AvgIpc) is 1.45. The first kappa shape index (κ1) is 82.0. The number of anilines is 4. The summed E-state index contributed by atoms with van der Waals surface area (Å²) in [5, 5.41) is 31.1. The number of aliphatic hydroxyl groups excluding tert-OH is 1. The molecule has 0 saturated carbocycles. The number of benzene rings is 9. The number of fused-ring (bicyclic) bond motifs is 12. The Morgan fingerprint density at radius 1 is 0.561 bits per heavy atom. The van der Waals surface area contributed by atoms with Crippen LogP contribution in [-0.4, -0.2) is 76.9 Å². The van der Waals surface area contributed by atoms with Crippen LogP contribution in [0.15, 0.2) is 277 Å². The fraction of sp³-hybridized carbons (Fsp3) is 0.202. The van der Waals surface area contributed by atoms with Crippen molar-refractivity contribution in [3.8, 4) is 28.7 Å². The van der Waals surface area contributed by atoms with Gasteiger partial charge < -0.3 is 73.4 Å². The number of aliphatic carboxylic acids is 1. The molecule has 18 rings (SSSR count). The molecule has 3 aliphatic carbocycles. The Kier molecular flexibility index (Phi) is 26.6. The van der Waals surface area contributed by atoms with E-state index in [-0.39, 0.29) is 74.5 Å². The first-order chi connectivity index (χ1) is 54.6. The van der Waals surface area contributed by atoms with E-state index in [1.807, 2.05) is 122 Å². The molecule has 1 fully saturated rings. The molecule has 0 bridgehead atoms. The Morgan fingerprint density at radius 3 is 1.54 bits per heavy atom. The van der Waals surface area contributed by atoms with Crippen molar-refractivity contribution >= 4 is 74.7 Å². The van der Waals surface area contributed by atoms with E-state index >= 15 is 0 Å². The number of carboxylic acids is 2. The Labute approximate surface area is 689 Å². The van der Waals surface area contributed by atoms with Crippen molar-refractivity contribution in [2.24, 2.45) is 23.5 Å². The second-order valence-electron chi connectivity index (χ2n) is 28.5. The molecule has 5 atom stereocenters. The summed E-state index contributed by atoms with van der Waals surface area (Å²) in [6.45, 7) is 13.0. The van der Waals surface area contributed by atoms with Crippen molar-refractivity contribution in [2.75, 3.05) is 42.9 Å². The zero-order valence-electron chi connectivity index (χ0n) is 66.0. The number of aliphatic hydroxyl groups is 1. The number of rotatable bonds is 10. The van der Waals surface area contributed by atoms with Gasteiger partial charge in [0.25, 0.3) is 0 Å². The minimum atomic E-state index is -1.12. The number of halogens is 1. The molecule has 578 valence electrons. The number of hydrogen-bond donors (Lipinski definition) is 8. The zero-order valence-corrected chi connectivity index (χ0v) is 64.0. The topological polar surface area (TPSA) is 283 Å². The van der Waals surface area contributed by atoms with Crippen molar-refractivity contribution in [1.29, 1.82) is 0 Å². The molecule has 114 heavy (non-hydrogen) atoms. The number of allylic oxidation sites excluding steroid dienone is 9. The van der Waals surface area contributed by atoms with Crippen LogP contribution in [0.5, 0.6) is 28.7 Å². The number of carbonyl (C=O) groups excluding carboxylic acids is 1. The quantitative estimate of drug-likeness (QED) is 0.0467. The van der Waals surface area contributed by atoms with Crippen molar-refractivity contribution in [3.63, 3.8) is 0 Å². The molecule has 9 aromatic rings. The second kappa shape index (κ2) is 37.0. The smallest absolute Gasteiger partial charge is 1.00 e. The molecule has 1 saturated heterocycles. The van der Waals surface area contributed by atoms with Gasteiger partial charge in [-0.3, -0.25) is 14.0 Å². The molecule has 0 aromatic heterocycles. The van der Waals surface area contributed by atoms with Crippen LogP contribution in [0.4, 0.5) is 27.1 Å². The molecular formula is C94H94AlFLiN5O12. The molecule has 20 heteroatoms. The third kappa shape index (κ3) is 17.8. The third-order valence-corrected chi connectivity index (χ3v) is 20.4. The first-order valence-corrected chi connectivity index (χ1v) is 37.3. The predicted molar refractivity (Wildman–Crippen MR) is 449 cm³/mol. The maximum atomic E-state index is 12.3. The molecular weight excluding hydrogens is 1440 g/mol. The number of nitrogen functional groups attached to an aromatic ring is 3. The Balaban J connectivity index is 0.000000158. The van der Waals surface area contributed by atoms with Gasteiger partial charge in [0.2, 0.25) is 5.91 Å². The minimum absolute atomic E-state index is 0. The minimum Gasteiger partial charge on any atom is -1.00 e. The largest absolute Gasteiger partial charge is 1.00 e. The summed E-state index contributed by atoms with van der Waals surface area (Å²) >= 11 is 0. The number of aryl methyl sites for hydroxylation is 2. The molecule has 5 unspecified atom stereocenters. The number of alkyl halides is 1. The van der Waals surface area contributed by atoms with E-state index in [0.717, 1.165) is 137 Å². The number of amides is 1. The summed E-state index contributed by atoms with van der Waals surface area (Å²) in [5.41, 5.74) is 44.7. The summed E-state index contributed by atoms with van der Waals surface area (Å²) in [7, 11) is -1.00. The van der Waals surface area contributed by atoms with E-state index in [0.29, 0.717) is 52.6 Å². The van der Waals surface area contributed by atoms with E-state index in [2.05, 4.69) is 130 Å². The van der Waals surface area contributed by atoms with Gasteiger partial charge in [-0.1, -0.05) is 160 Å². The van der Waals surface area contributed by atoms with Gasteiger partial charge in [0.15, 0.2) is 23.0 Å². The van der Waals surface area contributed by atoms with Crippen LogP contribution in [0, 0.1) is 31.6 Å². The number of nitrogens with one attached hydrogen (secondary N) is 1. The molecule has 1 spiro atoms. The number of aromatic carboxylic acids is 1. The fourth-order valence-corrected chi connectivity index (χ4v) is 14.9. The second-order valence-corrected chi connectivity index (χ2v) is 28.5. The van der Waals surface area contributed by atoms with Gasteiger partial charge in [-0.2, -0.15) is 0 Å². The summed E-state index contributed by atoms with van der Waals surface area (Å²) < 4.78 is 51.6. The van der Waals surface area contributed by atoms with Crippen LogP contribution in [-0.2, 0) is 37.9 Å². The van der Waals surface area contributed by atoms with Gasteiger partial charge in [-0.15, -0.1) is 0 Å². The van der Waals surface area contributed by atoms with E-state index in [9.17, 15) is 29.0 Å². The molecule has 9 aliphatic rings. The number of hydrogen-bond acceptors (Lipinski definition) is 14. The summed E-state index contributed by atoms with van der Waals surface area (Å²) in [6.07, 6.45) is 21.7. The monoisotopic (exact) mass is 1540 g/mol. The maximum Gasteiger partial charge on any atom is 1.00 e. The summed E-state index contributed by atoms with van der Waals surface area (Å²) in [5.74, 6) is 4.63. The molecule has 0 radical (unpaired) electrons. The first-order valence-electron chi connectivity index (χ1n) is 38.0. The SMILES string of the molecule is C1CCOC1.CC1C=CC2=C(c3ccccc3C(=O)O)c3ccc(N)cc3OC2=C1.CC1C=CC2=C(c3ccccc3CO)c3ccc(N)cc3OC2=C1.Cc1ccc2c(c1)Oc1cc(NC(=O)CCC(N)C(=O)O)ccc1C21OCc2ccccc21.Cc1ccccc1C1=C2C=CC(C)C=C2Oc2cc(N)ccc21.[2H]CF.[AlH3].[H-].[Li+]. The summed E-state index contributed by atoms with van der Waals surface area (Å²) in [4.78, 5) is 35.0. The summed E-state index contributed by atoms with van der Waals surface area (Å²) in [6, 6.07) is 59.2. The van der Waals surface area contributed by atoms with E-state index < -0.39 is 30.7 Å². The van der Waals surface area contributed by atoms with E-state index in [1.54, 1.807) is 30.3 Å². The maximum absolute atomic E-state index is 12.3. The van der Waals surface area contributed by atoms with E-state index in [1.165, 1.54) is 29.5 Å².